The molecule has 8 nitrogen and oxygen atoms in total. The van der Waals surface area contributed by atoms with Gasteiger partial charge in [0.2, 0.25) is 11.8 Å². The van der Waals surface area contributed by atoms with Gasteiger partial charge in [-0.25, -0.2) is 4.79 Å². The molecule has 0 spiro atoms. The Morgan fingerprint density at radius 2 is 2.05 bits per heavy atom. The number of hydrogen-bond donors (Lipinski definition) is 4. The summed E-state index contributed by atoms with van der Waals surface area (Å²) in [5.74, 6) is -1.85. The number of hydrogen-bond acceptors (Lipinski definition) is 4. The second-order valence-electron chi connectivity index (χ2n) is 5.31. The predicted molar refractivity (Wildman–Crippen MR) is 66.7 cm³/mol. The Hall–Kier alpha value is -2.12. The Morgan fingerprint density at radius 1 is 1.35 bits per heavy atom. The van der Waals surface area contributed by atoms with E-state index in [-0.39, 0.29) is 25.2 Å². The molecule has 1 saturated heterocycles. The summed E-state index contributed by atoms with van der Waals surface area (Å²) in [6.45, 7) is 0. The highest BCUT2D eigenvalue weighted by Crippen LogP contribution is 2.34. The number of carbonyl (C=O) groups excluding carboxylic acids is 3. The Balaban J connectivity index is 1.87. The molecule has 1 saturated carbocycles. The number of carboxylic acids is 1. The van der Waals surface area contributed by atoms with Gasteiger partial charge in [0.05, 0.1) is 12.0 Å². The molecular weight excluding hydrogens is 266 g/mol. The van der Waals surface area contributed by atoms with Gasteiger partial charge >= 0.3 is 12.0 Å². The second-order valence-corrected chi connectivity index (χ2v) is 5.31. The van der Waals surface area contributed by atoms with Crippen molar-refractivity contribution in [3.8, 4) is 0 Å². The molecule has 1 heterocycles. The first kappa shape index (κ1) is 14.3. The number of amides is 4. The zero-order chi connectivity index (χ0) is 14.8. The molecule has 1 unspecified atom stereocenters. The van der Waals surface area contributed by atoms with Gasteiger partial charge in [-0.15, -0.1) is 0 Å². The van der Waals surface area contributed by atoms with Gasteiger partial charge in [0, 0.05) is 6.42 Å². The minimum atomic E-state index is -0.967. The maximum absolute atomic E-state index is 11.8. The summed E-state index contributed by atoms with van der Waals surface area (Å²) in [5, 5.41) is 16.1. The van der Waals surface area contributed by atoms with Crippen molar-refractivity contribution >= 4 is 23.8 Å². The zero-order valence-electron chi connectivity index (χ0n) is 10.9. The van der Waals surface area contributed by atoms with E-state index >= 15 is 0 Å². The van der Waals surface area contributed by atoms with Crippen molar-refractivity contribution in [2.45, 2.75) is 50.1 Å². The van der Waals surface area contributed by atoms with Crippen LogP contribution in [0.25, 0.3) is 0 Å². The van der Waals surface area contributed by atoms with Crippen molar-refractivity contribution in [2.75, 3.05) is 0 Å². The van der Waals surface area contributed by atoms with Crippen LogP contribution in [0.2, 0.25) is 0 Å². The van der Waals surface area contributed by atoms with Crippen molar-refractivity contribution in [1.29, 1.82) is 0 Å². The van der Waals surface area contributed by atoms with Gasteiger partial charge in [-0.05, 0) is 25.7 Å². The first-order valence-corrected chi connectivity index (χ1v) is 6.54. The fraction of sp³-hybridized carbons (Fsp3) is 0.667. The van der Waals surface area contributed by atoms with E-state index in [4.69, 9.17) is 5.11 Å². The normalized spacial score (nSPS) is 24.3. The molecule has 0 aromatic rings. The molecule has 8 heteroatoms. The number of nitrogens with one attached hydrogen (secondary N) is 3. The van der Waals surface area contributed by atoms with Crippen molar-refractivity contribution in [2.24, 2.45) is 0 Å². The van der Waals surface area contributed by atoms with E-state index in [0.717, 1.165) is 6.42 Å². The van der Waals surface area contributed by atoms with Gasteiger partial charge in [-0.2, -0.15) is 0 Å². The Bertz CT molecular complexity index is 458. The van der Waals surface area contributed by atoms with Crippen molar-refractivity contribution < 1.29 is 24.3 Å². The number of carboxylic acid groups (broad SMARTS) is 1. The second kappa shape index (κ2) is 5.48. The van der Waals surface area contributed by atoms with Crippen LogP contribution in [0.4, 0.5) is 4.79 Å². The minimum absolute atomic E-state index is 0.129. The number of imide groups is 1. The summed E-state index contributed by atoms with van der Waals surface area (Å²) in [7, 11) is 0. The lowest BCUT2D eigenvalue weighted by Crippen LogP contribution is -2.61. The van der Waals surface area contributed by atoms with Crippen LogP contribution in [0.1, 0.15) is 38.5 Å². The van der Waals surface area contributed by atoms with Crippen LogP contribution in [0.3, 0.4) is 0 Å². The largest absolute Gasteiger partial charge is 0.481 e. The molecule has 2 aliphatic rings. The van der Waals surface area contributed by atoms with Crippen LogP contribution in [0, 0.1) is 0 Å². The van der Waals surface area contributed by atoms with E-state index in [2.05, 4.69) is 16.0 Å². The van der Waals surface area contributed by atoms with Crippen LogP contribution < -0.4 is 16.0 Å². The number of aliphatic carboxylic acids is 1. The van der Waals surface area contributed by atoms with E-state index in [1.54, 1.807) is 0 Å². The molecule has 110 valence electrons. The van der Waals surface area contributed by atoms with Gasteiger partial charge in [0.25, 0.3) is 0 Å². The van der Waals surface area contributed by atoms with E-state index in [0.29, 0.717) is 12.8 Å². The average Bonchev–Trinajstić information content (AvgIpc) is 2.29. The summed E-state index contributed by atoms with van der Waals surface area (Å²) in [4.78, 5) is 45.1. The highest BCUT2D eigenvalue weighted by Gasteiger charge is 2.41. The van der Waals surface area contributed by atoms with Crippen LogP contribution in [-0.4, -0.2) is 40.5 Å². The molecule has 0 bridgehead atoms. The van der Waals surface area contributed by atoms with Crippen LogP contribution in [0.5, 0.6) is 0 Å². The van der Waals surface area contributed by atoms with E-state index in [1.807, 2.05) is 0 Å². The van der Waals surface area contributed by atoms with Crippen LogP contribution in [-0.2, 0) is 14.4 Å². The Labute approximate surface area is 115 Å². The number of rotatable bonds is 4. The predicted octanol–water partition coefficient (Wildman–Crippen LogP) is -0.512. The average molecular weight is 283 g/mol. The maximum atomic E-state index is 11.8. The topological polar surface area (TPSA) is 125 Å². The number of urea groups is 1. The Morgan fingerprint density at radius 3 is 2.55 bits per heavy atom. The van der Waals surface area contributed by atoms with Gasteiger partial charge in [-0.1, -0.05) is 0 Å². The fourth-order valence-corrected chi connectivity index (χ4v) is 2.51. The monoisotopic (exact) mass is 283 g/mol. The highest BCUT2D eigenvalue weighted by molar-refractivity contribution is 6.01. The van der Waals surface area contributed by atoms with Crippen molar-refractivity contribution in [3.63, 3.8) is 0 Å². The van der Waals surface area contributed by atoms with Crippen LogP contribution >= 0.6 is 0 Å². The lowest BCUT2D eigenvalue weighted by Gasteiger charge is -2.41. The number of piperidine rings is 1. The molecule has 4 amide bonds. The van der Waals surface area contributed by atoms with Crippen LogP contribution in [0.15, 0.2) is 0 Å². The lowest BCUT2D eigenvalue weighted by molar-refractivity contribution is -0.140. The molecule has 0 radical (unpaired) electrons. The smallest absolute Gasteiger partial charge is 0.315 e. The van der Waals surface area contributed by atoms with Gasteiger partial charge in [0.1, 0.15) is 6.04 Å². The summed E-state index contributed by atoms with van der Waals surface area (Å²) < 4.78 is 0. The van der Waals surface area contributed by atoms with E-state index in [1.165, 1.54) is 0 Å². The number of carbonyl (C=O) groups is 4. The SMILES string of the molecule is O=C(O)CC1(NC(=O)NC2CCC(=O)NC2=O)CCC1. The summed E-state index contributed by atoms with van der Waals surface area (Å²) >= 11 is 0. The summed E-state index contributed by atoms with van der Waals surface area (Å²) in [6.07, 6.45) is 2.40. The molecule has 2 fully saturated rings. The third kappa shape index (κ3) is 3.25. The molecule has 2 rings (SSSR count). The summed E-state index contributed by atoms with van der Waals surface area (Å²) in [6, 6.07) is -1.32. The first-order valence-electron chi connectivity index (χ1n) is 6.54. The minimum Gasteiger partial charge on any atom is -0.481 e. The van der Waals surface area contributed by atoms with E-state index < -0.39 is 29.5 Å². The van der Waals surface area contributed by atoms with Gasteiger partial charge in [0.15, 0.2) is 0 Å². The highest BCUT2D eigenvalue weighted by atomic mass is 16.4. The fourth-order valence-electron chi connectivity index (χ4n) is 2.51. The molecule has 1 atom stereocenters. The van der Waals surface area contributed by atoms with E-state index in [9.17, 15) is 19.2 Å². The molecule has 4 N–H and O–H groups in total. The molecule has 0 aromatic carbocycles. The lowest BCUT2D eigenvalue weighted by atomic mass is 9.74. The van der Waals surface area contributed by atoms with Crippen molar-refractivity contribution in [1.82, 2.24) is 16.0 Å². The standard InChI is InChI=1S/C12H17N3O5/c16-8-3-2-7(10(19)14-8)13-11(20)15-12(4-1-5-12)6-9(17)18/h7H,1-6H2,(H,17,18)(H2,13,15,20)(H,14,16,19). The molecule has 1 aliphatic heterocycles. The van der Waals surface area contributed by atoms with Gasteiger partial charge in [-0.3, -0.25) is 19.7 Å². The molecule has 1 aliphatic carbocycles. The molecular formula is C12H17N3O5. The maximum Gasteiger partial charge on any atom is 0.315 e. The quantitative estimate of drug-likeness (QED) is 0.517. The van der Waals surface area contributed by atoms with Gasteiger partial charge < -0.3 is 15.7 Å². The summed E-state index contributed by atoms with van der Waals surface area (Å²) in [5.41, 5.74) is -0.711. The molecule has 20 heavy (non-hydrogen) atoms. The zero-order valence-corrected chi connectivity index (χ0v) is 10.9. The third-order valence-electron chi connectivity index (χ3n) is 3.72. The first-order chi connectivity index (χ1) is 9.40. The third-order valence-corrected chi connectivity index (χ3v) is 3.72. The Kier molecular flexibility index (Phi) is 3.91. The van der Waals surface area contributed by atoms with Crippen molar-refractivity contribution in [3.05, 3.63) is 0 Å². The molecule has 0 aromatic heterocycles.